The van der Waals surface area contributed by atoms with Crippen molar-refractivity contribution in [3.63, 3.8) is 0 Å². The molecule has 0 aromatic heterocycles. The standard InChI is InChI=1S/C21H29O/c1-16(10-12-18-8-6-5-7-9-18)11-13-20-17(2)14-19(22)15-21(20,3)4/h5-6,8-11,13,19,22H,7,12,14-15H2,1-4H3/b13-11+,16-10?/t19-/m1/s1. The maximum absolute atomic E-state index is 9.95. The Morgan fingerprint density at radius 3 is 2.82 bits per heavy atom. The Morgan fingerprint density at radius 1 is 1.41 bits per heavy atom. The minimum Gasteiger partial charge on any atom is -0.393 e. The first-order chi connectivity index (χ1) is 10.4. The summed E-state index contributed by atoms with van der Waals surface area (Å²) in [5, 5.41) is 9.95. The van der Waals surface area contributed by atoms with Gasteiger partial charge in [-0.05, 0) is 56.9 Å². The molecule has 119 valence electrons. The molecule has 22 heavy (non-hydrogen) atoms. The zero-order valence-corrected chi connectivity index (χ0v) is 14.4. The maximum atomic E-state index is 9.95. The molecule has 0 aliphatic heterocycles. The summed E-state index contributed by atoms with van der Waals surface area (Å²) in [5.41, 5.74) is 5.46. The molecule has 1 heteroatoms. The lowest BCUT2D eigenvalue weighted by molar-refractivity contribution is 0.116. The lowest BCUT2D eigenvalue weighted by Gasteiger charge is -2.35. The molecule has 0 spiro atoms. The smallest absolute Gasteiger partial charge is 0.0585 e. The van der Waals surface area contributed by atoms with E-state index < -0.39 is 0 Å². The molecule has 1 nitrogen and oxygen atoms in total. The van der Waals surface area contributed by atoms with Crippen molar-refractivity contribution in [1.29, 1.82) is 0 Å². The zero-order chi connectivity index (χ0) is 16.2. The van der Waals surface area contributed by atoms with Crippen molar-refractivity contribution >= 4 is 0 Å². The molecule has 0 unspecified atom stereocenters. The second-order valence-electron chi connectivity index (χ2n) is 7.24. The van der Waals surface area contributed by atoms with Gasteiger partial charge in [0.1, 0.15) is 0 Å². The third-order valence-electron chi connectivity index (χ3n) is 4.61. The Kier molecular flexibility index (Phi) is 5.63. The normalized spacial score (nSPS) is 25.8. The van der Waals surface area contributed by atoms with Crippen LogP contribution in [0.5, 0.6) is 0 Å². The van der Waals surface area contributed by atoms with Crippen LogP contribution < -0.4 is 0 Å². The Balaban J connectivity index is 2.05. The molecule has 0 aromatic rings. The van der Waals surface area contributed by atoms with Gasteiger partial charge in [-0.1, -0.05) is 67.0 Å². The molecule has 0 saturated heterocycles. The number of hydrogen-bond acceptors (Lipinski definition) is 1. The number of allylic oxidation sites excluding steroid dienone is 9. The van der Waals surface area contributed by atoms with Gasteiger partial charge in [0.25, 0.3) is 0 Å². The summed E-state index contributed by atoms with van der Waals surface area (Å²) in [5.74, 6) is 0. The molecule has 1 atom stereocenters. The lowest BCUT2D eigenvalue weighted by Crippen LogP contribution is -2.28. The van der Waals surface area contributed by atoms with Crippen LogP contribution in [0.25, 0.3) is 0 Å². The van der Waals surface area contributed by atoms with E-state index in [0.717, 1.165) is 25.7 Å². The summed E-state index contributed by atoms with van der Waals surface area (Å²) in [6.07, 6.45) is 19.1. The van der Waals surface area contributed by atoms with Crippen LogP contribution in [0.15, 0.2) is 58.7 Å². The molecule has 1 radical (unpaired) electrons. The van der Waals surface area contributed by atoms with E-state index in [1.165, 1.54) is 22.3 Å². The third-order valence-corrected chi connectivity index (χ3v) is 4.61. The van der Waals surface area contributed by atoms with E-state index in [1.807, 2.05) is 0 Å². The van der Waals surface area contributed by atoms with Gasteiger partial charge in [-0.25, -0.2) is 0 Å². The van der Waals surface area contributed by atoms with Crippen molar-refractivity contribution in [3.05, 3.63) is 65.2 Å². The topological polar surface area (TPSA) is 20.2 Å². The van der Waals surface area contributed by atoms with Gasteiger partial charge in [-0.15, -0.1) is 0 Å². The molecule has 0 fully saturated rings. The van der Waals surface area contributed by atoms with Crippen molar-refractivity contribution in [3.8, 4) is 0 Å². The van der Waals surface area contributed by atoms with E-state index in [1.54, 1.807) is 0 Å². The first-order valence-electron chi connectivity index (χ1n) is 8.30. The highest BCUT2D eigenvalue weighted by Gasteiger charge is 2.31. The molecule has 2 rings (SSSR count). The van der Waals surface area contributed by atoms with E-state index in [2.05, 4.69) is 70.6 Å². The average molecular weight is 297 g/mol. The van der Waals surface area contributed by atoms with Gasteiger partial charge in [0.05, 0.1) is 6.10 Å². The van der Waals surface area contributed by atoms with E-state index in [4.69, 9.17) is 0 Å². The SMILES string of the molecule is CC(=CCC1=CC=CC[CH]1)/C=C/C1=C(C)C[C@@H](O)CC1(C)C. The predicted octanol–water partition coefficient (Wildman–Crippen LogP) is 5.47. The van der Waals surface area contributed by atoms with Crippen molar-refractivity contribution in [2.45, 2.75) is 59.5 Å². The second kappa shape index (κ2) is 7.28. The highest BCUT2D eigenvalue weighted by Crippen LogP contribution is 2.41. The summed E-state index contributed by atoms with van der Waals surface area (Å²) in [7, 11) is 0. The van der Waals surface area contributed by atoms with Crippen LogP contribution >= 0.6 is 0 Å². The summed E-state index contributed by atoms with van der Waals surface area (Å²) in [6.45, 7) is 8.77. The van der Waals surface area contributed by atoms with Crippen LogP contribution in [0.4, 0.5) is 0 Å². The molecule has 0 aromatic carbocycles. The van der Waals surface area contributed by atoms with Crippen molar-refractivity contribution in [1.82, 2.24) is 0 Å². The number of hydrogen-bond donors (Lipinski definition) is 1. The fraction of sp³-hybridized carbons (Fsp3) is 0.476. The van der Waals surface area contributed by atoms with Gasteiger partial charge in [0.2, 0.25) is 0 Å². The summed E-state index contributed by atoms with van der Waals surface area (Å²) in [6, 6.07) is 0. The van der Waals surface area contributed by atoms with E-state index in [9.17, 15) is 5.11 Å². The van der Waals surface area contributed by atoms with Crippen LogP contribution in [0.2, 0.25) is 0 Å². The fourth-order valence-electron chi connectivity index (χ4n) is 3.45. The number of aliphatic hydroxyl groups is 1. The molecule has 0 saturated carbocycles. The molecular weight excluding hydrogens is 268 g/mol. The Hall–Kier alpha value is -1.34. The summed E-state index contributed by atoms with van der Waals surface area (Å²) in [4.78, 5) is 0. The third kappa shape index (κ3) is 4.58. The average Bonchev–Trinajstić information content (AvgIpc) is 2.44. The van der Waals surface area contributed by atoms with E-state index >= 15 is 0 Å². The van der Waals surface area contributed by atoms with Crippen LogP contribution in [0, 0.1) is 11.8 Å². The van der Waals surface area contributed by atoms with Crippen LogP contribution in [0.3, 0.4) is 0 Å². The fourth-order valence-corrected chi connectivity index (χ4v) is 3.45. The Labute approximate surface area is 135 Å². The molecule has 0 bridgehead atoms. The largest absolute Gasteiger partial charge is 0.393 e. The van der Waals surface area contributed by atoms with Crippen LogP contribution in [-0.4, -0.2) is 11.2 Å². The highest BCUT2D eigenvalue weighted by atomic mass is 16.3. The Bertz CT molecular complexity index is 552. The van der Waals surface area contributed by atoms with Gasteiger partial charge in [0, 0.05) is 0 Å². The highest BCUT2D eigenvalue weighted by molar-refractivity contribution is 5.37. The van der Waals surface area contributed by atoms with Crippen molar-refractivity contribution in [2.24, 2.45) is 5.41 Å². The Morgan fingerprint density at radius 2 is 2.18 bits per heavy atom. The minimum absolute atomic E-state index is 0.0585. The lowest BCUT2D eigenvalue weighted by atomic mass is 9.71. The molecular formula is C21H29O. The van der Waals surface area contributed by atoms with Crippen molar-refractivity contribution < 1.29 is 5.11 Å². The van der Waals surface area contributed by atoms with Gasteiger partial charge in [-0.3, -0.25) is 0 Å². The van der Waals surface area contributed by atoms with Gasteiger partial charge in [0.15, 0.2) is 0 Å². The number of aliphatic hydroxyl groups excluding tert-OH is 1. The van der Waals surface area contributed by atoms with Gasteiger partial charge < -0.3 is 5.11 Å². The van der Waals surface area contributed by atoms with Gasteiger partial charge >= 0.3 is 0 Å². The van der Waals surface area contributed by atoms with Crippen LogP contribution in [0.1, 0.15) is 53.4 Å². The molecule has 2 aliphatic carbocycles. The van der Waals surface area contributed by atoms with Gasteiger partial charge in [-0.2, -0.15) is 0 Å². The first-order valence-corrected chi connectivity index (χ1v) is 8.30. The van der Waals surface area contributed by atoms with E-state index in [-0.39, 0.29) is 11.5 Å². The van der Waals surface area contributed by atoms with Crippen molar-refractivity contribution in [2.75, 3.05) is 0 Å². The van der Waals surface area contributed by atoms with Crippen LogP contribution in [-0.2, 0) is 0 Å². The van der Waals surface area contributed by atoms with E-state index in [0.29, 0.717) is 0 Å². The molecule has 2 aliphatic rings. The molecule has 0 amide bonds. The molecule has 0 heterocycles. The maximum Gasteiger partial charge on any atom is 0.0585 e. The quantitative estimate of drug-likeness (QED) is 0.682. The predicted molar refractivity (Wildman–Crippen MR) is 95.4 cm³/mol. The summed E-state index contributed by atoms with van der Waals surface area (Å²) >= 11 is 0. The summed E-state index contributed by atoms with van der Waals surface area (Å²) < 4.78 is 0. The monoisotopic (exact) mass is 297 g/mol. The number of rotatable bonds is 4. The first kappa shape index (κ1) is 17.0. The zero-order valence-electron chi connectivity index (χ0n) is 14.4. The molecule has 1 N–H and O–H groups in total. The second-order valence-corrected chi connectivity index (χ2v) is 7.24. The minimum atomic E-state index is -0.189.